The molecule has 0 fully saturated rings. The molecule has 0 spiro atoms. The molecular weight excluding hydrogens is 265 g/mol. The van der Waals surface area contributed by atoms with Crippen LogP contribution in [-0.4, -0.2) is 7.05 Å². The molecule has 21 heavy (non-hydrogen) atoms. The lowest BCUT2D eigenvalue weighted by molar-refractivity contribution is 0.290. The fourth-order valence-electron chi connectivity index (χ4n) is 2.38. The summed E-state index contributed by atoms with van der Waals surface area (Å²) in [5.41, 5.74) is 4.34. The third-order valence-electron chi connectivity index (χ3n) is 3.56. The van der Waals surface area contributed by atoms with Crippen LogP contribution in [0.2, 0.25) is 0 Å². The molecule has 0 saturated carbocycles. The molecule has 2 aromatic rings. The van der Waals surface area contributed by atoms with E-state index in [0.717, 1.165) is 11.1 Å². The van der Waals surface area contributed by atoms with Crippen LogP contribution in [0.25, 0.3) is 0 Å². The van der Waals surface area contributed by atoms with Crippen LogP contribution >= 0.6 is 0 Å². The van der Waals surface area contributed by atoms with Crippen LogP contribution in [0.15, 0.2) is 36.4 Å². The summed E-state index contributed by atoms with van der Waals surface area (Å²) in [5, 5.41) is 3.09. The Hall–Kier alpha value is -1.87. The Morgan fingerprint density at radius 1 is 1.10 bits per heavy atom. The lowest BCUT2D eigenvalue weighted by Crippen LogP contribution is -2.12. The Kier molecular flexibility index (Phi) is 4.97. The van der Waals surface area contributed by atoms with Gasteiger partial charge in [0.15, 0.2) is 11.6 Å². The van der Waals surface area contributed by atoms with Gasteiger partial charge in [0, 0.05) is 6.04 Å². The van der Waals surface area contributed by atoms with Crippen molar-refractivity contribution in [2.45, 2.75) is 33.4 Å². The number of aryl methyl sites for hydroxylation is 2. The van der Waals surface area contributed by atoms with Gasteiger partial charge < -0.3 is 10.1 Å². The summed E-state index contributed by atoms with van der Waals surface area (Å²) < 4.78 is 19.7. The van der Waals surface area contributed by atoms with Crippen molar-refractivity contribution in [2.24, 2.45) is 0 Å². The van der Waals surface area contributed by atoms with E-state index in [1.54, 1.807) is 6.07 Å². The molecule has 0 radical (unpaired) electrons. The molecule has 0 aliphatic heterocycles. The van der Waals surface area contributed by atoms with E-state index >= 15 is 0 Å². The van der Waals surface area contributed by atoms with Crippen molar-refractivity contribution >= 4 is 0 Å². The SMILES string of the molecule is CNC(C)c1ccc(OCc2cc(C)cc(C)c2)c(F)c1. The normalized spacial score (nSPS) is 12.2. The second-order valence-corrected chi connectivity index (χ2v) is 5.48. The van der Waals surface area contributed by atoms with Crippen LogP contribution in [0.5, 0.6) is 5.75 Å². The number of hydrogen-bond acceptors (Lipinski definition) is 2. The molecule has 3 heteroatoms. The highest BCUT2D eigenvalue weighted by Gasteiger charge is 2.09. The van der Waals surface area contributed by atoms with E-state index in [4.69, 9.17) is 4.74 Å². The fraction of sp³-hybridized carbons (Fsp3) is 0.333. The predicted octanol–water partition coefficient (Wildman–Crippen LogP) is 4.30. The van der Waals surface area contributed by atoms with Crippen molar-refractivity contribution < 1.29 is 9.13 Å². The van der Waals surface area contributed by atoms with Crippen molar-refractivity contribution in [1.29, 1.82) is 0 Å². The predicted molar refractivity (Wildman–Crippen MR) is 84.1 cm³/mol. The topological polar surface area (TPSA) is 21.3 Å². The monoisotopic (exact) mass is 287 g/mol. The lowest BCUT2D eigenvalue weighted by Gasteiger charge is -2.13. The van der Waals surface area contributed by atoms with E-state index in [9.17, 15) is 4.39 Å². The third kappa shape index (κ3) is 4.05. The Bertz CT molecular complexity index is 604. The minimum absolute atomic E-state index is 0.118. The maximum Gasteiger partial charge on any atom is 0.165 e. The number of ether oxygens (including phenoxy) is 1. The second kappa shape index (κ2) is 6.72. The van der Waals surface area contributed by atoms with Gasteiger partial charge in [0.25, 0.3) is 0 Å². The first-order valence-corrected chi connectivity index (χ1v) is 7.16. The maximum atomic E-state index is 14.1. The summed E-state index contributed by atoms with van der Waals surface area (Å²) in [4.78, 5) is 0. The highest BCUT2D eigenvalue weighted by Crippen LogP contribution is 2.23. The van der Waals surface area contributed by atoms with E-state index in [-0.39, 0.29) is 11.9 Å². The molecule has 0 bridgehead atoms. The number of halogens is 1. The van der Waals surface area contributed by atoms with Crippen molar-refractivity contribution in [3.05, 3.63) is 64.5 Å². The van der Waals surface area contributed by atoms with Crippen LogP contribution in [0.3, 0.4) is 0 Å². The largest absolute Gasteiger partial charge is 0.486 e. The maximum absolute atomic E-state index is 14.1. The molecular formula is C18H22FNO. The molecule has 1 atom stereocenters. The van der Waals surface area contributed by atoms with Gasteiger partial charge in [-0.15, -0.1) is 0 Å². The quantitative estimate of drug-likeness (QED) is 0.885. The van der Waals surface area contributed by atoms with Crippen LogP contribution < -0.4 is 10.1 Å². The van der Waals surface area contributed by atoms with E-state index in [2.05, 4.69) is 23.5 Å². The molecule has 2 nitrogen and oxygen atoms in total. The molecule has 0 saturated heterocycles. The van der Waals surface area contributed by atoms with Crippen molar-refractivity contribution in [3.8, 4) is 5.75 Å². The highest BCUT2D eigenvalue weighted by atomic mass is 19.1. The first kappa shape index (κ1) is 15.5. The summed E-state index contributed by atoms with van der Waals surface area (Å²) in [6.07, 6.45) is 0. The highest BCUT2D eigenvalue weighted by molar-refractivity contribution is 5.32. The first-order valence-electron chi connectivity index (χ1n) is 7.16. The molecule has 0 aliphatic carbocycles. The van der Waals surface area contributed by atoms with Crippen LogP contribution in [-0.2, 0) is 6.61 Å². The van der Waals surface area contributed by atoms with Crippen molar-refractivity contribution in [3.63, 3.8) is 0 Å². The van der Waals surface area contributed by atoms with Gasteiger partial charge in [0.1, 0.15) is 6.61 Å². The van der Waals surface area contributed by atoms with Gasteiger partial charge in [-0.3, -0.25) is 0 Å². The smallest absolute Gasteiger partial charge is 0.165 e. The van der Waals surface area contributed by atoms with E-state index in [1.165, 1.54) is 17.2 Å². The Labute approximate surface area is 126 Å². The zero-order chi connectivity index (χ0) is 15.4. The minimum atomic E-state index is -0.320. The molecule has 112 valence electrons. The van der Waals surface area contributed by atoms with Crippen LogP contribution in [0.1, 0.15) is 35.2 Å². The summed E-state index contributed by atoms with van der Waals surface area (Å²) in [6.45, 7) is 6.46. The number of nitrogens with one attached hydrogen (secondary N) is 1. The van der Waals surface area contributed by atoms with Crippen molar-refractivity contribution in [2.75, 3.05) is 7.05 Å². The standard InChI is InChI=1S/C18H22FNO/c1-12-7-13(2)9-15(8-12)11-21-18-6-5-16(10-17(18)19)14(3)20-4/h5-10,14,20H,11H2,1-4H3. The fourth-order valence-corrected chi connectivity index (χ4v) is 2.38. The van der Waals surface area contributed by atoms with Crippen molar-refractivity contribution in [1.82, 2.24) is 5.32 Å². The zero-order valence-corrected chi connectivity index (χ0v) is 13.0. The Morgan fingerprint density at radius 3 is 2.33 bits per heavy atom. The van der Waals surface area contributed by atoms with Crippen LogP contribution in [0, 0.1) is 19.7 Å². The number of rotatable bonds is 5. The third-order valence-corrected chi connectivity index (χ3v) is 3.56. The molecule has 1 unspecified atom stereocenters. The van der Waals surface area contributed by atoms with Gasteiger partial charge in [-0.05, 0) is 51.1 Å². The molecule has 0 heterocycles. The molecule has 0 amide bonds. The Balaban J connectivity index is 2.09. The number of hydrogen-bond donors (Lipinski definition) is 1. The van der Waals surface area contributed by atoms with Gasteiger partial charge in [0.05, 0.1) is 0 Å². The summed E-state index contributed by atoms with van der Waals surface area (Å²) >= 11 is 0. The van der Waals surface area contributed by atoms with E-state index in [0.29, 0.717) is 12.4 Å². The summed E-state index contributed by atoms with van der Waals surface area (Å²) in [5.74, 6) is -0.0276. The lowest BCUT2D eigenvalue weighted by atomic mass is 10.1. The minimum Gasteiger partial charge on any atom is -0.486 e. The molecule has 1 N–H and O–H groups in total. The molecule has 0 aliphatic rings. The first-order chi connectivity index (χ1) is 9.99. The van der Waals surface area contributed by atoms with E-state index < -0.39 is 0 Å². The molecule has 2 aromatic carbocycles. The average molecular weight is 287 g/mol. The Morgan fingerprint density at radius 2 is 1.76 bits per heavy atom. The van der Waals surface area contributed by atoms with Gasteiger partial charge in [0.2, 0.25) is 0 Å². The van der Waals surface area contributed by atoms with Crippen LogP contribution in [0.4, 0.5) is 4.39 Å². The molecule has 2 rings (SSSR count). The van der Waals surface area contributed by atoms with E-state index in [1.807, 2.05) is 33.9 Å². The van der Waals surface area contributed by atoms with Gasteiger partial charge in [-0.1, -0.05) is 35.4 Å². The van der Waals surface area contributed by atoms with Gasteiger partial charge in [-0.25, -0.2) is 4.39 Å². The number of benzene rings is 2. The zero-order valence-electron chi connectivity index (χ0n) is 13.0. The molecule has 0 aromatic heterocycles. The van der Waals surface area contributed by atoms with Gasteiger partial charge >= 0.3 is 0 Å². The average Bonchev–Trinajstić information content (AvgIpc) is 2.44. The summed E-state index contributed by atoms with van der Waals surface area (Å²) in [6, 6.07) is 11.5. The second-order valence-electron chi connectivity index (χ2n) is 5.48. The van der Waals surface area contributed by atoms with Gasteiger partial charge in [-0.2, -0.15) is 0 Å². The summed E-state index contributed by atoms with van der Waals surface area (Å²) in [7, 11) is 1.85.